The molecule has 30 heavy (non-hydrogen) atoms. The molecule has 0 saturated heterocycles. The van der Waals surface area contributed by atoms with Gasteiger partial charge in [-0.25, -0.2) is 13.2 Å². The highest BCUT2D eigenvalue weighted by molar-refractivity contribution is 5.75. The number of carbonyl (C=O) groups is 1. The molecule has 3 rings (SSSR count). The van der Waals surface area contributed by atoms with Crippen LogP contribution < -0.4 is 4.74 Å². The molecule has 2 aliphatic carbocycles. The number of ether oxygens (including phenoxy) is 3. The van der Waals surface area contributed by atoms with Gasteiger partial charge in [-0.3, -0.25) is 4.79 Å². The molecule has 0 atom stereocenters. The van der Waals surface area contributed by atoms with Crippen molar-refractivity contribution in [3.05, 3.63) is 29.6 Å². The molecular formula is C23H31F3O4. The summed E-state index contributed by atoms with van der Waals surface area (Å²) in [4.78, 5) is 12.3. The van der Waals surface area contributed by atoms with Crippen LogP contribution in [-0.2, 0) is 14.3 Å². The Morgan fingerprint density at radius 1 is 0.900 bits per heavy atom. The fraction of sp³-hybridized carbons (Fsp3) is 0.696. The molecule has 0 heterocycles. The van der Waals surface area contributed by atoms with Crippen molar-refractivity contribution in [2.24, 2.45) is 11.8 Å². The lowest BCUT2D eigenvalue weighted by Gasteiger charge is -2.31. The molecule has 168 valence electrons. The Balaban J connectivity index is 1.35. The van der Waals surface area contributed by atoms with E-state index in [1.165, 1.54) is 0 Å². The van der Waals surface area contributed by atoms with E-state index in [-0.39, 0.29) is 17.8 Å². The van der Waals surface area contributed by atoms with Crippen LogP contribution in [0.2, 0.25) is 0 Å². The Kier molecular flexibility index (Phi) is 8.57. The standard InChI is InChI=1S/C23H31F3O4/c1-2-11-28-17-7-3-15(4-8-17)14-29-18-9-5-16(6-10-18)23(27)30-19-12-20(24)22(26)21(25)13-19/h12-13,15-18H,2-11,14H2,1H3. The second kappa shape index (κ2) is 11.1. The average Bonchev–Trinajstić information content (AvgIpc) is 2.75. The van der Waals surface area contributed by atoms with Crippen molar-refractivity contribution < 1.29 is 32.2 Å². The quantitative estimate of drug-likeness (QED) is 0.308. The first kappa shape index (κ1) is 23.1. The van der Waals surface area contributed by atoms with Crippen LogP contribution in [0.15, 0.2) is 12.1 Å². The number of halogens is 3. The van der Waals surface area contributed by atoms with Crippen molar-refractivity contribution >= 4 is 5.97 Å². The number of benzene rings is 1. The minimum absolute atomic E-state index is 0.129. The lowest BCUT2D eigenvalue weighted by Crippen LogP contribution is -2.31. The van der Waals surface area contributed by atoms with Crippen molar-refractivity contribution in [3.8, 4) is 5.75 Å². The summed E-state index contributed by atoms with van der Waals surface area (Å²) in [6.07, 6.45) is 8.73. The van der Waals surface area contributed by atoms with E-state index in [4.69, 9.17) is 14.2 Å². The number of rotatable bonds is 8. The molecule has 4 nitrogen and oxygen atoms in total. The Hall–Kier alpha value is -1.60. The third-order valence-electron chi connectivity index (χ3n) is 6.10. The van der Waals surface area contributed by atoms with Crippen molar-refractivity contribution in [1.82, 2.24) is 0 Å². The van der Waals surface area contributed by atoms with Gasteiger partial charge in [-0.05, 0) is 63.7 Å². The zero-order valence-corrected chi connectivity index (χ0v) is 17.5. The average molecular weight is 428 g/mol. The maximum absolute atomic E-state index is 13.3. The summed E-state index contributed by atoms with van der Waals surface area (Å²) in [6, 6.07) is 1.38. The molecule has 1 aromatic rings. The lowest BCUT2D eigenvalue weighted by molar-refractivity contribution is -0.141. The zero-order valence-electron chi connectivity index (χ0n) is 17.5. The van der Waals surface area contributed by atoms with E-state index in [1.54, 1.807) is 0 Å². The van der Waals surface area contributed by atoms with E-state index < -0.39 is 23.4 Å². The Morgan fingerprint density at radius 3 is 2.07 bits per heavy atom. The van der Waals surface area contributed by atoms with Crippen molar-refractivity contribution in [2.75, 3.05) is 13.2 Å². The summed E-state index contributed by atoms with van der Waals surface area (Å²) < 4.78 is 56.5. The molecule has 0 aliphatic heterocycles. The van der Waals surface area contributed by atoms with Gasteiger partial charge in [0, 0.05) is 25.3 Å². The number of hydrogen-bond donors (Lipinski definition) is 0. The summed E-state index contributed by atoms with van der Waals surface area (Å²) in [6.45, 7) is 3.70. The van der Waals surface area contributed by atoms with Crippen LogP contribution in [-0.4, -0.2) is 31.4 Å². The molecule has 2 saturated carbocycles. The van der Waals surface area contributed by atoms with Crippen LogP contribution >= 0.6 is 0 Å². The minimum Gasteiger partial charge on any atom is -0.426 e. The molecular weight excluding hydrogens is 397 g/mol. The molecule has 0 N–H and O–H groups in total. The predicted molar refractivity (Wildman–Crippen MR) is 106 cm³/mol. The summed E-state index contributed by atoms with van der Waals surface area (Å²) in [7, 11) is 0. The normalized spacial score (nSPS) is 27.1. The van der Waals surface area contributed by atoms with Gasteiger partial charge < -0.3 is 14.2 Å². The van der Waals surface area contributed by atoms with Gasteiger partial charge in [-0.2, -0.15) is 0 Å². The highest BCUT2D eigenvalue weighted by Crippen LogP contribution is 2.31. The van der Waals surface area contributed by atoms with Crippen LogP contribution in [0, 0.1) is 29.3 Å². The van der Waals surface area contributed by atoms with Gasteiger partial charge in [-0.15, -0.1) is 0 Å². The summed E-state index contributed by atoms with van der Waals surface area (Å²) in [5, 5.41) is 0. The van der Waals surface area contributed by atoms with Gasteiger partial charge in [0.05, 0.1) is 18.1 Å². The fourth-order valence-electron chi connectivity index (χ4n) is 4.28. The molecule has 1 aromatic carbocycles. The summed E-state index contributed by atoms with van der Waals surface area (Å²) in [5.41, 5.74) is 0. The third kappa shape index (κ3) is 6.45. The van der Waals surface area contributed by atoms with E-state index in [9.17, 15) is 18.0 Å². The summed E-state index contributed by atoms with van der Waals surface area (Å²) in [5.74, 6) is -4.95. The van der Waals surface area contributed by atoms with Gasteiger partial charge in [0.2, 0.25) is 0 Å². The second-order valence-electron chi connectivity index (χ2n) is 8.44. The largest absolute Gasteiger partial charge is 0.426 e. The van der Waals surface area contributed by atoms with Crippen molar-refractivity contribution in [2.45, 2.75) is 76.9 Å². The van der Waals surface area contributed by atoms with E-state index in [2.05, 4.69) is 6.92 Å². The van der Waals surface area contributed by atoms with Gasteiger partial charge in [0.1, 0.15) is 5.75 Å². The van der Waals surface area contributed by atoms with Crippen LogP contribution in [0.4, 0.5) is 13.2 Å². The topological polar surface area (TPSA) is 44.8 Å². The highest BCUT2D eigenvalue weighted by Gasteiger charge is 2.30. The number of hydrogen-bond acceptors (Lipinski definition) is 4. The van der Waals surface area contributed by atoms with E-state index in [0.717, 1.165) is 58.2 Å². The number of carbonyl (C=O) groups excluding carboxylic acids is 1. The first-order valence-corrected chi connectivity index (χ1v) is 11.1. The van der Waals surface area contributed by atoms with E-state index >= 15 is 0 Å². The molecule has 0 radical (unpaired) electrons. The predicted octanol–water partition coefficient (Wildman–Crippen LogP) is 5.57. The Morgan fingerprint density at radius 2 is 1.47 bits per heavy atom. The molecule has 2 aliphatic rings. The SMILES string of the molecule is CCCOC1CCC(COC2CCC(C(=O)Oc3cc(F)c(F)c(F)c3)CC2)CC1. The van der Waals surface area contributed by atoms with Crippen LogP contribution in [0.5, 0.6) is 5.75 Å². The fourth-order valence-corrected chi connectivity index (χ4v) is 4.28. The maximum atomic E-state index is 13.3. The van der Waals surface area contributed by atoms with Gasteiger partial charge in [0.15, 0.2) is 17.5 Å². The second-order valence-corrected chi connectivity index (χ2v) is 8.44. The molecule has 2 fully saturated rings. The Labute approximate surface area is 176 Å². The number of esters is 1. The van der Waals surface area contributed by atoms with Crippen LogP contribution in [0.1, 0.15) is 64.7 Å². The monoisotopic (exact) mass is 428 g/mol. The van der Waals surface area contributed by atoms with E-state index in [1.807, 2.05) is 0 Å². The first-order chi connectivity index (χ1) is 14.5. The van der Waals surface area contributed by atoms with Crippen LogP contribution in [0.3, 0.4) is 0 Å². The van der Waals surface area contributed by atoms with Crippen molar-refractivity contribution in [1.29, 1.82) is 0 Å². The third-order valence-corrected chi connectivity index (χ3v) is 6.10. The van der Waals surface area contributed by atoms with Gasteiger partial charge >= 0.3 is 5.97 Å². The molecule has 0 spiro atoms. The molecule has 0 amide bonds. The molecule has 7 heteroatoms. The minimum atomic E-state index is -1.57. The molecule has 0 bridgehead atoms. The maximum Gasteiger partial charge on any atom is 0.314 e. The summed E-state index contributed by atoms with van der Waals surface area (Å²) >= 11 is 0. The van der Waals surface area contributed by atoms with E-state index in [0.29, 0.717) is 37.0 Å². The lowest BCUT2D eigenvalue weighted by atomic mass is 9.86. The van der Waals surface area contributed by atoms with Gasteiger partial charge in [-0.1, -0.05) is 6.92 Å². The van der Waals surface area contributed by atoms with Crippen molar-refractivity contribution in [3.63, 3.8) is 0 Å². The first-order valence-electron chi connectivity index (χ1n) is 11.1. The van der Waals surface area contributed by atoms with Gasteiger partial charge in [0.25, 0.3) is 0 Å². The zero-order chi connectivity index (χ0) is 21.5. The molecule has 0 unspecified atom stereocenters. The highest BCUT2D eigenvalue weighted by atomic mass is 19.2. The smallest absolute Gasteiger partial charge is 0.314 e. The molecule has 0 aromatic heterocycles. The Bertz CT molecular complexity index is 673. The van der Waals surface area contributed by atoms with Crippen LogP contribution in [0.25, 0.3) is 0 Å².